The number of anilines is 1. The van der Waals surface area contributed by atoms with Crippen LogP contribution in [0.5, 0.6) is 0 Å². The molecule has 1 rings (SSSR count). The Morgan fingerprint density at radius 2 is 2.26 bits per heavy atom. The van der Waals surface area contributed by atoms with Gasteiger partial charge in [-0.05, 0) is 25.5 Å². The number of amides is 1. The first-order valence-corrected chi connectivity index (χ1v) is 6.72. The third-order valence-electron chi connectivity index (χ3n) is 2.68. The van der Waals surface area contributed by atoms with Gasteiger partial charge in [0, 0.05) is 38.5 Å². The lowest BCUT2D eigenvalue weighted by Crippen LogP contribution is -2.30. The fraction of sp³-hybridized carbons (Fsp3) is 0.571. The number of carbonyl (C=O) groups excluding carboxylic acids is 1. The molecule has 0 aromatic carbocycles. The van der Waals surface area contributed by atoms with E-state index in [0.717, 1.165) is 18.8 Å². The molecule has 1 aromatic heterocycles. The average Bonchev–Trinajstić information content (AvgIpc) is 2.44. The van der Waals surface area contributed by atoms with Gasteiger partial charge in [0.15, 0.2) is 0 Å². The van der Waals surface area contributed by atoms with Gasteiger partial charge in [-0.2, -0.15) is 0 Å². The van der Waals surface area contributed by atoms with Gasteiger partial charge in [-0.15, -0.1) is 0 Å². The summed E-state index contributed by atoms with van der Waals surface area (Å²) in [6, 6.07) is 3.52. The summed E-state index contributed by atoms with van der Waals surface area (Å²) in [6.45, 7) is 6.70. The molecule has 1 N–H and O–H groups in total. The highest BCUT2D eigenvalue weighted by Gasteiger charge is 2.12. The summed E-state index contributed by atoms with van der Waals surface area (Å²) >= 11 is 0. The second-order valence-corrected chi connectivity index (χ2v) is 4.28. The zero-order chi connectivity index (χ0) is 14.1. The van der Waals surface area contributed by atoms with Gasteiger partial charge in [0.1, 0.15) is 5.82 Å². The predicted molar refractivity (Wildman–Crippen MR) is 76.5 cm³/mol. The summed E-state index contributed by atoms with van der Waals surface area (Å²) < 4.78 is 5.25. The molecule has 0 aliphatic carbocycles. The van der Waals surface area contributed by atoms with Crippen molar-refractivity contribution >= 4 is 11.7 Å². The Bertz CT molecular complexity index is 396. The highest BCUT2D eigenvalue weighted by molar-refractivity contribution is 5.94. The molecule has 19 heavy (non-hydrogen) atoms. The third kappa shape index (κ3) is 5.26. The van der Waals surface area contributed by atoms with Crippen molar-refractivity contribution in [1.29, 1.82) is 0 Å². The molecular formula is C14H23N3O2. The molecule has 1 aromatic rings. The minimum Gasteiger partial charge on any atom is -0.380 e. The van der Waals surface area contributed by atoms with Crippen LogP contribution in [0.3, 0.4) is 0 Å². The van der Waals surface area contributed by atoms with Crippen LogP contribution in [0.1, 0.15) is 30.6 Å². The average molecular weight is 265 g/mol. The maximum Gasteiger partial charge on any atom is 0.253 e. The number of nitrogens with zero attached hydrogens (tertiary/aromatic N) is 2. The van der Waals surface area contributed by atoms with Crippen molar-refractivity contribution in [3.05, 3.63) is 23.9 Å². The van der Waals surface area contributed by atoms with E-state index >= 15 is 0 Å². The van der Waals surface area contributed by atoms with Crippen LogP contribution in [0.25, 0.3) is 0 Å². The van der Waals surface area contributed by atoms with Gasteiger partial charge in [-0.1, -0.05) is 6.92 Å². The Morgan fingerprint density at radius 1 is 1.47 bits per heavy atom. The fourth-order valence-corrected chi connectivity index (χ4v) is 1.58. The number of hydrogen-bond acceptors (Lipinski definition) is 4. The summed E-state index contributed by atoms with van der Waals surface area (Å²) in [5, 5.41) is 3.17. The summed E-state index contributed by atoms with van der Waals surface area (Å²) in [6.07, 6.45) is 2.68. The van der Waals surface area contributed by atoms with Crippen molar-refractivity contribution in [2.75, 3.05) is 38.7 Å². The van der Waals surface area contributed by atoms with Crippen molar-refractivity contribution in [3.8, 4) is 0 Å². The zero-order valence-corrected chi connectivity index (χ0v) is 12.0. The number of hydrogen-bond donors (Lipinski definition) is 1. The maximum atomic E-state index is 12.2. The Labute approximate surface area is 115 Å². The normalized spacial score (nSPS) is 10.3. The van der Waals surface area contributed by atoms with Crippen LogP contribution in [0.15, 0.2) is 18.3 Å². The van der Waals surface area contributed by atoms with Gasteiger partial charge in [0.05, 0.1) is 6.61 Å². The van der Waals surface area contributed by atoms with Crippen LogP contribution in [-0.4, -0.2) is 49.1 Å². The Kier molecular flexibility index (Phi) is 6.89. The highest BCUT2D eigenvalue weighted by atomic mass is 16.5. The molecule has 0 atom stereocenters. The molecule has 0 radical (unpaired) electrons. The topological polar surface area (TPSA) is 54.5 Å². The summed E-state index contributed by atoms with van der Waals surface area (Å²) in [5.74, 6) is 0.729. The maximum absolute atomic E-state index is 12.2. The second kappa shape index (κ2) is 8.48. The largest absolute Gasteiger partial charge is 0.380 e. The Balaban J connectivity index is 2.60. The SMILES string of the molecule is CCCNc1cc(C(=O)N(C)CCOCC)ccn1. The number of ether oxygens (including phenoxy) is 1. The molecule has 0 aliphatic heterocycles. The summed E-state index contributed by atoms with van der Waals surface area (Å²) in [5.41, 5.74) is 0.646. The fourth-order valence-electron chi connectivity index (χ4n) is 1.58. The first-order chi connectivity index (χ1) is 9.19. The third-order valence-corrected chi connectivity index (χ3v) is 2.68. The van der Waals surface area contributed by atoms with Crippen LogP contribution in [0.2, 0.25) is 0 Å². The monoisotopic (exact) mass is 265 g/mol. The molecule has 5 nitrogen and oxygen atoms in total. The van der Waals surface area contributed by atoms with Gasteiger partial charge in [-0.3, -0.25) is 4.79 Å². The minimum absolute atomic E-state index is 0.0124. The summed E-state index contributed by atoms with van der Waals surface area (Å²) in [7, 11) is 1.78. The van der Waals surface area contributed by atoms with Crippen LogP contribution in [0.4, 0.5) is 5.82 Å². The van der Waals surface area contributed by atoms with E-state index in [-0.39, 0.29) is 5.91 Å². The number of rotatable bonds is 8. The minimum atomic E-state index is -0.0124. The lowest BCUT2D eigenvalue weighted by molar-refractivity contribution is 0.0710. The Hall–Kier alpha value is -1.62. The smallest absolute Gasteiger partial charge is 0.253 e. The number of pyridine rings is 1. The second-order valence-electron chi connectivity index (χ2n) is 4.28. The molecule has 1 amide bonds. The molecule has 5 heteroatoms. The van der Waals surface area contributed by atoms with E-state index in [9.17, 15) is 4.79 Å². The lowest BCUT2D eigenvalue weighted by atomic mass is 10.2. The van der Waals surface area contributed by atoms with E-state index in [2.05, 4.69) is 17.2 Å². The molecule has 106 valence electrons. The van der Waals surface area contributed by atoms with Crippen LogP contribution >= 0.6 is 0 Å². The van der Waals surface area contributed by atoms with Crippen molar-refractivity contribution < 1.29 is 9.53 Å². The van der Waals surface area contributed by atoms with Crippen molar-refractivity contribution in [2.24, 2.45) is 0 Å². The van der Waals surface area contributed by atoms with Crippen molar-refractivity contribution in [2.45, 2.75) is 20.3 Å². The molecular weight excluding hydrogens is 242 g/mol. The van der Waals surface area contributed by atoms with Gasteiger partial charge in [0.2, 0.25) is 0 Å². The van der Waals surface area contributed by atoms with Crippen molar-refractivity contribution in [1.82, 2.24) is 9.88 Å². The van der Waals surface area contributed by atoms with Gasteiger partial charge in [-0.25, -0.2) is 4.98 Å². The number of carbonyl (C=O) groups is 1. The van der Waals surface area contributed by atoms with Crippen LogP contribution in [-0.2, 0) is 4.74 Å². The highest BCUT2D eigenvalue weighted by Crippen LogP contribution is 2.09. The molecule has 0 spiro atoms. The molecule has 0 saturated heterocycles. The molecule has 0 bridgehead atoms. The lowest BCUT2D eigenvalue weighted by Gasteiger charge is -2.17. The van der Waals surface area contributed by atoms with Gasteiger partial charge >= 0.3 is 0 Å². The Morgan fingerprint density at radius 3 is 2.95 bits per heavy atom. The molecule has 0 saturated carbocycles. The number of aromatic nitrogens is 1. The van der Waals surface area contributed by atoms with Gasteiger partial charge in [0.25, 0.3) is 5.91 Å². The molecule has 1 heterocycles. The predicted octanol–water partition coefficient (Wildman–Crippen LogP) is 2.01. The van der Waals surface area contributed by atoms with Gasteiger partial charge < -0.3 is 15.0 Å². The van der Waals surface area contributed by atoms with E-state index < -0.39 is 0 Å². The first kappa shape index (κ1) is 15.4. The molecule has 0 fully saturated rings. The first-order valence-electron chi connectivity index (χ1n) is 6.72. The number of likely N-dealkylation sites (N-methyl/N-ethyl adjacent to an activating group) is 1. The van der Waals surface area contributed by atoms with E-state index in [0.29, 0.717) is 25.3 Å². The van der Waals surface area contributed by atoms with E-state index in [1.165, 1.54) is 0 Å². The molecule has 0 aliphatic rings. The number of nitrogens with one attached hydrogen (secondary N) is 1. The van der Waals surface area contributed by atoms with Crippen LogP contribution < -0.4 is 5.32 Å². The van der Waals surface area contributed by atoms with Crippen LogP contribution in [0, 0.1) is 0 Å². The van der Waals surface area contributed by atoms with E-state index in [1.54, 1.807) is 30.3 Å². The molecule has 0 unspecified atom stereocenters. The summed E-state index contributed by atoms with van der Waals surface area (Å²) in [4.78, 5) is 18.0. The van der Waals surface area contributed by atoms with E-state index in [4.69, 9.17) is 4.74 Å². The van der Waals surface area contributed by atoms with Crippen molar-refractivity contribution in [3.63, 3.8) is 0 Å². The zero-order valence-electron chi connectivity index (χ0n) is 12.0. The quantitative estimate of drug-likeness (QED) is 0.731. The van der Waals surface area contributed by atoms with E-state index in [1.807, 2.05) is 6.92 Å². The standard InChI is InChI=1S/C14H23N3O2/c1-4-7-15-13-11-12(6-8-16-13)14(18)17(3)9-10-19-5-2/h6,8,11H,4-5,7,9-10H2,1-3H3,(H,15,16).